The van der Waals surface area contributed by atoms with Gasteiger partial charge in [0, 0.05) is 31.0 Å². The van der Waals surface area contributed by atoms with Crippen LogP contribution in [0.5, 0.6) is 5.75 Å². The standard InChI is InChI=1S/C15H20N6O3/c1-10-18-19-20-21(10)12-6-11(7-14(8-12)23-2)17-15(22)16-9-13-4-3-5-24-13/h6-8,13H,3-5,9H2,1-2H3,(H2,16,17,22)/t13-/m1/s1. The summed E-state index contributed by atoms with van der Waals surface area (Å²) in [5, 5.41) is 17.0. The Kier molecular flexibility index (Phi) is 4.90. The van der Waals surface area contributed by atoms with Crippen LogP contribution in [0.1, 0.15) is 18.7 Å². The maximum atomic E-state index is 12.1. The smallest absolute Gasteiger partial charge is 0.319 e. The second-order valence-electron chi connectivity index (χ2n) is 5.53. The Morgan fingerprint density at radius 3 is 3.00 bits per heavy atom. The van der Waals surface area contributed by atoms with E-state index in [-0.39, 0.29) is 12.1 Å². The van der Waals surface area contributed by atoms with Crippen LogP contribution >= 0.6 is 0 Å². The number of carbonyl (C=O) groups is 1. The summed E-state index contributed by atoms with van der Waals surface area (Å²) in [7, 11) is 1.56. The number of ether oxygens (including phenoxy) is 2. The van der Waals surface area contributed by atoms with Gasteiger partial charge in [-0.2, -0.15) is 4.68 Å². The van der Waals surface area contributed by atoms with E-state index in [0.717, 1.165) is 19.4 Å². The predicted octanol–water partition coefficient (Wildman–Crippen LogP) is 1.28. The van der Waals surface area contributed by atoms with E-state index >= 15 is 0 Å². The molecule has 2 N–H and O–H groups in total. The van der Waals surface area contributed by atoms with Gasteiger partial charge in [-0.05, 0) is 36.3 Å². The molecular formula is C15H20N6O3. The second-order valence-corrected chi connectivity index (χ2v) is 5.53. The van der Waals surface area contributed by atoms with Gasteiger partial charge >= 0.3 is 6.03 Å². The molecule has 9 heteroatoms. The van der Waals surface area contributed by atoms with Gasteiger partial charge in [-0.3, -0.25) is 0 Å². The fraction of sp³-hybridized carbons (Fsp3) is 0.467. The number of tetrazole rings is 1. The molecule has 2 amide bonds. The number of nitrogens with zero attached hydrogens (tertiary/aromatic N) is 4. The fourth-order valence-corrected chi connectivity index (χ4v) is 2.55. The monoisotopic (exact) mass is 332 g/mol. The average molecular weight is 332 g/mol. The number of amides is 2. The van der Waals surface area contributed by atoms with Gasteiger partial charge < -0.3 is 20.1 Å². The van der Waals surface area contributed by atoms with E-state index in [1.807, 2.05) is 0 Å². The number of carbonyl (C=O) groups excluding carboxylic acids is 1. The van der Waals surface area contributed by atoms with Crippen LogP contribution in [-0.4, -0.2) is 52.6 Å². The van der Waals surface area contributed by atoms with Gasteiger partial charge in [-0.15, -0.1) is 5.10 Å². The fourth-order valence-electron chi connectivity index (χ4n) is 2.55. The molecule has 1 saturated heterocycles. The van der Waals surface area contributed by atoms with Crippen molar-refractivity contribution in [1.29, 1.82) is 0 Å². The maximum absolute atomic E-state index is 12.1. The summed E-state index contributed by atoms with van der Waals surface area (Å²) >= 11 is 0. The minimum atomic E-state index is -0.293. The Balaban J connectivity index is 1.70. The summed E-state index contributed by atoms with van der Waals surface area (Å²) in [6.45, 7) is 3.05. The number of methoxy groups -OCH3 is 1. The minimum absolute atomic E-state index is 0.0977. The number of aromatic nitrogens is 4. The normalized spacial score (nSPS) is 16.8. The molecule has 1 fully saturated rings. The summed E-state index contributed by atoms with van der Waals surface area (Å²) in [5.74, 6) is 1.23. The topological polar surface area (TPSA) is 103 Å². The SMILES string of the molecule is COc1cc(NC(=O)NC[C@H]2CCCO2)cc(-n2nnnc2C)c1. The first-order valence-corrected chi connectivity index (χ1v) is 7.76. The highest BCUT2D eigenvalue weighted by atomic mass is 16.5. The highest BCUT2D eigenvalue weighted by Crippen LogP contribution is 2.23. The molecule has 9 nitrogen and oxygen atoms in total. The molecule has 0 spiro atoms. The zero-order valence-electron chi connectivity index (χ0n) is 13.7. The van der Waals surface area contributed by atoms with Crippen LogP contribution in [0.2, 0.25) is 0 Å². The Labute approximate surface area is 139 Å². The van der Waals surface area contributed by atoms with E-state index in [1.54, 1.807) is 36.9 Å². The maximum Gasteiger partial charge on any atom is 0.319 e. The van der Waals surface area contributed by atoms with Gasteiger partial charge in [0.25, 0.3) is 0 Å². The number of nitrogens with one attached hydrogen (secondary N) is 2. The van der Waals surface area contributed by atoms with Crippen molar-refractivity contribution in [2.75, 3.05) is 25.6 Å². The lowest BCUT2D eigenvalue weighted by Crippen LogP contribution is -2.35. The third-order valence-corrected chi connectivity index (χ3v) is 3.77. The average Bonchev–Trinajstić information content (AvgIpc) is 3.24. The lowest BCUT2D eigenvalue weighted by atomic mass is 10.2. The van der Waals surface area contributed by atoms with Crippen LogP contribution < -0.4 is 15.4 Å². The molecule has 128 valence electrons. The molecule has 2 aromatic rings. The third-order valence-electron chi connectivity index (χ3n) is 3.77. The molecule has 1 aromatic heterocycles. The van der Waals surface area contributed by atoms with E-state index in [0.29, 0.717) is 29.5 Å². The first-order valence-electron chi connectivity index (χ1n) is 7.76. The largest absolute Gasteiger partial charge is 0.497 e. The van der Waals surface area contributed by atoms with Crippen molar-refractivity contribution in [3.63, 3.8) is 0 Å². The third kappa shape index (κ3) is 3.80. The molecule has 0 aliphatic carbocycles. The van der Waals surface area contributed by atoms with Gasteiger partial charge in [0.2, 0.25) is 0 Å². The molecule has 3 rings (SSSR count). The molecule has 1 aliphatic heterocycles. The number of rotatable bonds is 5. The molecule has 0 radical (unpaired) electrons. The number of benzene rings is 1. The van der Waals surface area contributed by atoms with E-state index in [4.69, 9.17) is 9.47 Å². The van der Waals surface area contributed by atoms with Crippen molar-refractivity contribution in [3.05, 3.63) is 24.0 Å². The second kappa shape index (κ2) is 7.26. The van der Waals surface area contributed by atoms with Gasteiger partial charge in [0.15, 0.2) is 5.82 Å². The quantitative estimate of drug-likeness (QED) is 0.855. The Hall–Kier alpha value is -2.68. The molecule has 1 aliphatic rings. The van der Waals surface area contributed by atoms with E-state index < -0.39 is 0 Å². The first kappa shape index (κ1) is 16.2. The molecule has 2 heterocycles. The number of anilines is 1. The highest BCUT2D eigenvalue weighted by Gasteiger charge is 2.16. The van der Waals surface area contributed by atoms with Crippen molar-refractivity contribution in [2.45, 2.75) is 25.9 Å². The van der Waals surface area contributed by atoms with Gasteiger partial charge in [-0.1, -0.05) is 0 Å². The lowest BCUT2D eigenvalue weighted by molar-refractivity contribution is 0.112. The number of aryl methyl sites for hydroxylation is 1. The highest BCUT2D eigenvalue weighted by molar-refractivity contribution is 5.89. The van der Waals surface area contributed by atoms with Crippen LogP contribution in [-0.2, 0) is 4.74 Å². The minimum Gasteiger partial charge on any atom is -0.497 e. The Bertz CT molecular complexity index is 711. The summed E-state index contributed by atoms with van der Waals surface area (Å²) in [6, 6.07) is 5.00. The van der Waals surface area contributed by atoms with Crippen LogP contribution in [0.3, 0.4) is 0 Å². The number of hydrogen-bond donors (Lipinski definition) is 2. The molecule has 1 atom stereocenters. The van der Waals surface area contributed by atoms with Crippen molar-refractivity contribution < 1.29 is 14.3 Å². The Morgan fingerprint density at radius 2 is 2.33 bits per heavy atom. The van der Waals surface area contributed by atoms with Gasteiger partial charge in [0.1, 0.15) is 5.75 Å². The molecule has 0 unspecified atom stereocenters. The lowest BCUT2D eigenvalue weighted by Gasteiger charge is -2.13. The van der Waals surface area contributed by atoms with Crippen LogP contribution in [0.25, 0.3) is 5.69 Å². The molecule has 0 saturated carbocycles. The number of urea groups is 1. The number of hydrogen-bond acceptors (Lipinski definition) is 6. The Morgan fingerprint density at radius 1 is 1.46 bits per heavy atom. The van der Waals surface area contributed by atoms with E-state index in [9.17, 15) is 4.79 Å². The molecule has 0 bridgehead atoms. The van der Waals surface area contributed by atoms with Crippen molar-refractivity contribution in [2.24, 2.45) is 0 Å². The molecule has 24 heavy (non-hydrogen) atoms. The summed E-state index contributed by atoms with van der Waals surface area (Å²) in [5.41, 5.74) is 1.29. The zero-order chi connectivity index (χ0) is 16.9. The molecule has 1 aromatic carbocycles. The summed E-state index contributed by atoms with van der Waals surface area (Å²) in [4.78, 5) is 12.1. The summed E-state index contributed by atoms with van der Waals surface area (Å²) < 4.78 is 12.3. The van der Waals surface area contributed by atoms with Gasteiger partial charge in [0.05, 0.1) is 18.9 Å². The van der Waals surface area contributed by atoms with Crippen LogP contribution in [0.4, 0.5) is 10.5 Å². The van der Waals surface area contributed by atoms with Crippen molar-refractivity contribution in [1.82, 2.24) is 25.5 Å². The van der Waals surface area contributed by atoms with Crippen molar-refractivity contribution in [3.8, 4) is 11.4 Å². The van der Waals surface area contributed by atoms with Gasteiger partial charge in [-0.25, -0.2) is 4.79 Å². The zero-order valence-corrected chi connectivity index (χ0v) is 13.7. The van der Waals surface area contributed by atoms with Crippen LogP contribution in [0, 0.1) is 6.92 Å². The van der Waals surface area contributed by atoms with Crippen molar-refractivity contribution >= 4 is 11.7 Å². The van der Waals surface area contributed by atoms with Crippen LogP contribution in [0.15, 0.2) is 18.2 Å². The first-order chi connectivity index (χ1) is 11.7. The summed E-state index contributed by atoms with van der Waals surface area (Å²) in [6.07, 6.45) is 2.11. The van der Waals surface area contributed by atoms with E-state index in [2.05, 4.69) is 26.2 Å². The molecular weight excluding hydrogens is 312 g/mol. The van der Waals surface area contributed by atoms with E-state index in [1.165, 1.54) is 0 Å². The predicted molar refractivity (Wildman–Crippen MR) is 86.4 cm³/mol.